The van der Waals surface area contributed by atoms with Gasteiger partial charge >= 0.3 is 0 Å². The Morgan fingerprint density at radius 3 is 2.52 bits per heavy atom. The first-order valence-corrected chi connectivity index (χ1v) is 11.8. The zero-order valence-electron chi connectivity index (χ0n) is 18.1. The number of thioether (sulfide) groups is 1. The topological polar surface area (TPSA) is 71.8 Å². The Morgan fingerprint density at radius 1 is 1.00 bits per heavy atom. The van der Waals surface area contributed by atoms with E-state index in [1.165, 1.54) is 11.8 Å². The molecule has 6 nitrogen and oxygen atoms in total. The van der Waals surface area contributed by atoms with E-state index in [0.717, 1.165) is 22.3 Å². The molecule has 2 atom stereocenters. The monoisotopic (exact) mass is 475 g/mol. The molecule has 166 valence electrons. The molecule has 0 bridgehead atoms. The van der Waals surface area contributed by atoms with Crippen LogP contribution in [0.5, 0.6) is 0 Å². The number of hydrogen-bond donors (Lipinski definition) is 2. The summed E-state index contributed by atoms with van der Waals surface area (Å²) >= 11 is 7.66. The van der Waals surface area contributed by atoms with Crippen LogP contribution in [-0.4, -0.2) is 26.0 Å². The van der Waals surface area contributed by atoms with Crippen molar-refractivity contribution in [3.8, 4) is 11.4 Å². The van der Waals surface area contributed by atoms with Gasteiger partial charge in [0.1, 0.15) is 5.25 Å². The first-order chi connectivity index (χ1) is 16.0. The van der Waals surface area contributed by atoms with Gasteiger partial charge in [0, 0.05) is 16.3 Å². The number of amides is 1. The van der Waals surface area contributed by atoms with Crippen LogP contribution in [-0.2, 0) is 4.79 Å². The Balaban J connectivity index is 1.52. The predicted octanol–water partition coefficient (Wildman–Crippen LogP) is 5.61. The Labute approximate surface area is 201 Å². The molecule has 1 aliphatic heterocycles. The molecule has 0 saturated heterocycles. The van der Waals surface area contributed by atoms with Crippen molar-refractivity contribution >= 4 is 35.0 Å². The SMILES string of the molecule is Cc1ccc([C@H]2Nn3c(nnc3-c3ccccc3)S[C@H]2C(=O)Nc2cccc(Cl)c2C)cc1. The van der Waals surface area contributed by atoms with E-state index >= 15 is 0 Å². The number of nitrogens with one attached hydrogen (secondary N) is 2. The fraction of sp³-hybridized carbons (Fsp3) is 0.160. The second-order valence-electron chi connectivity index (χ2n) is 7.97. The lowest BCUT2D eigenvalue weighted by Gasteiger charge is -2.33. The molecule has 1 amide bonds. The van der Waals surface area contributed by atoms with Crippen LogP contribution in [0, 0.1) is 13.8 Å². The summed E-state index contributed by atoms with van der Waals surface area (Å²) in [5.74, 6) is 0.582. The standard InChI is InChI=1S/C25H22ClN5OS/c1-15-11-13-17(14-12-15)21-22(24(32)27-20-10-6-9-19(26)16(20)2)33-25-29-28-23(31(25)30-21)18-7-4-3-5-8-18/h3-14,21-22,30H,1-2H3,(H,27,32)/t21-,22-/m1/s1. The zero-order chi connectivity index (χ0) is 22.9. The van der Waals surface area contributed by atoms with Crippen molar-refractivity contribution in [2.45, 2.75) is 30.3 Å². The third kappa shape index (κ3) is 4.21. The van der Waals surface area contributed by atoms with Gasteiger partial charge in [0.15, 0.2) is 5.82 Å². The number of carbonyl (C=O) groups excluding carboxylic acids is 1. The molecular weight excluding hydrogens is 454 g/mol. The molecule has 8 heteroatoms. The normalized spacial score (nSPS) is 17.2. The number of benzene rings is 3. The number of halogens is 1. The van der Waals surface area contributed by atoms with E-state index in [2.05, 4.69) is 45.2 Å². The Bertz CT molecular complexity index is 1310. The highest BCUT2D eigenvalue weighted by atomic mass is 35.5. The maximum atomic E-state index is 13.5. The molecule has 5 rings (SSSR count). The first-order valence-electron chi connectivity index (χ1n) is 10.6. The molecule has 4 aromatic rings. The minimum absolute atomic E-state index is 0.126. The number of aryl methyl sites for hydroxylation is 1. The van der Waals surface area contributed by atoms with Crippen molar-refractivity contribution < 1.29 is 4.79 Å². The van der Waals surface area contributed by atoms with Gasteiger partial charge in [-0.15, -0.1) is 10.2 Å². The van der Waals surface area contributed by atoms with Crippen LogP contribution in [0.15, 0.2) is 78.0 Å². The minimum atomic E-state index is -0.466. The quantitative estimate of drug-likeness (QED) is 0.401. The largest absolute Gasteiger partial charge is 0.325 e. The van der Waals surface area contributed by atoms with Crippen molar-refractivity contribution in [2.24, 2.45) is 0 Å². The van der Waals surface area contributed by atoms with Gasteiger partial charge in [0.05, 0.1) is 6.04 Å². The van der Waals surface area contributed by atoms with Crippen LogP contribution < -0.4 is 10.7 Å². The van der Waals surface area contributed by atoms with Gasteiger partial charge in [-0.25, -0.2) is 4.68 Å². The summed E-state index contributed by atoms with van der Waals surface area (Å²) in [7, 11) is 0. The summed E-state index contributed by atoms with van der Waals surface area (Å²) in [6.45, 7) is 3.94. The molecule has 1 aliphatic rings. The molecule has 0 radical (unpaired) electrons. The number of fused-ring (bicyclic) bond motifs is 1. The van der Waals surface area contributed by atoms with E-state index < -0.39 is 5.25 Å². The maximum Gasteiger partial charge on any atom is 0.240 e. The number of carbonyl (C=O) groups is 1. The van der Waals surface area contributed by atoms with Crippen molar-refractivity contribution in [2.75, 3.05) is 10.7 Å². The third-order valence-corrected chi connectivity index (χ3v) is 7.31. The summed E-state index contributed by atoms with van der Waals surface area (Å²) < 4.78 is 1.87. The summed E-state index contributed by atoms with van der Waals surface area (Å²) in [6.07, 6.45) is 0. The second-order valence-corrected chi connectivity index (χ2v) is 9.48. The van der Waals surface area contributed by atoms with Crippen LogP contribution in [0.3, 0.4) is 0 Å². The lowest BCUT2D eigenvalue weighted by molar-refractivity contribution is -0.116. The molecule has 33 heavy (non-hydrogen) atoms. The number of aromatic nitrogens is 3. The highest BCUT2D eigenvalue weighted by Gasteiger charge is 2.38. The molecule has 2 heterocycles. The number of anilines is 1. The molecule has 0 unspecified atom stereocenters. The van der Waals surface area contributed by atoms with Gasteiger partial charge in [-0.2, -0.15) is 0 Å². The zero-order valence-corrected chi connectivity index (χ0v) is 19.7. The summed E-state index contributed by atoms with van der Waals surface area (Å²) in [5, 5.41) is 12.6. The van der Waals surface area contributed by atoms with Gasteiger partial charge in [0.25, 0.3) is 0 Å². The van der Waals surface area contributed by atoms with Gasteiger partial charge in [-0.3, -0.25) is 4.79 Å². The fourth-order valence-electron chi connectivity index (χ4n) is 3.80. The lowest BCUT2D eigenvalue weighted by atomic mass is 10.0. The second kappa shape index (κ2) is 8.92. The molecule has 0 saturated carbocycles. The third-order valence-electron chi connectivity index (χ3n) is 5.69. The molecule has 0 fully saturated rings. The summed E-state index contributed by atoms with van der Waals surface area (Å²) in [6, 6.07) is 23.3. The maximum absolute atomic E-state index is 13.5. The predicted molar refractivity (Wildman–Crippen MR) is 133 cm³/mol. The molecule has 0 aliphatic carbocycles. The highest BCUT2D eigenvalue weighted by molar-refractivity contribution is 8.00. The van der Waals surface area contributed by atoms with Crippen LogP contribution in [0.1, 0.15) is 22.7 Å². The van der Waals surface area contributed by atoms with Crippen molar-refractivity contribution in [3.05, 3.63) is 94.5 Å². The molecule has 1 aromatic heterocycles. The average Bonchev–Trinajstić information content (AvgIpc) is 3.25. The number of hydrogen-bond acceptors (Lipinski definition) is 5. The minimum Gasteiger partial charge on any atom is -0.325 e. The van der Waals surface area contributed by atoms with E-state index in [4.69, 9.17) is 11.6 Å². The van der Waals surface area contributed by atoms with E-state index in [1.807, 2.05) is 67.1 Å². The van der Waals surface area contributed by atoms with Crippen molar-refractivity contribution in [1.82, 2.24) is 14.9 Å². The van der Waals surface area contributed by atoms with Crippen LogP contribution in [0.2, 0.25) is 5.02 Å². The summed E-state index contributed by atoms with van der Waals surface area (Å²) in [4.78, 5) is 13.5. The molecular formula is C25H22ClN5OS. The number of rotatable bonds is 4. The number of nitrogens with zero attached hydrogens (tertiary/aromatic N) is 3. The Hall–Kier alpha value is -3.29. The molecule has 2 N–H and O–H groups in total. The van der Waals surface area contributed by atoms with E-state index in [1.54, 1.807) is 0 Å². The van der Waals surface area contributed by atoms with E-state index in [9.17, 15) is 4.79 Å². The average molecular weight is 476 g/mol. The highest BCUT2D eigenvalue weighted by Crippen LogP contribution is 2.39. The van der Waals surface area contributed by atoms with Crippen LogP contribution in [0.4, 0.5) is 5.69 Å². The van der Waals surface area contributed by atoms with E-state index in [0.29, 0.717) is 21.7 Å². The van der Waals surface area contributed by atoms with Crippen molar-refractivity contribution in [3.63, 3.8) is 0 Å². The van der Waals surface area contributed by atoms with Crippen molar-refractivity contribution in [1.29, 1.82) is 0 Å². The molecule has 3 aromatic carbocycles. The van der Waals surface area contributed by atoms with Crippen LogP contribution in [0.25, 0.3) is 11.4 Å². The van der Waals surface area contributed by atoms with Gasteiger partial charge in [-0.1, -0.05) is 89.6 Å². The lowest BCUT2D eigenvalue weighted by Crippen LogP contribution is -2.41. The fourth-order valence-corrected chi connectivity index (χ4v) is 5.05. The Morgan fingerprint density at radius 2 is 1.76 bits per heavy atom. The van der Waals surface area contributed by atoms with Gasteiger partial charge in [-0.05, 0) is 37.1 Å². The summed E-state index contributed by atoms with van der Waals surface area (Å²) in [5.41, 5.74) is 8.16. The van der Waals surface area contributed by atoms with Crippen LogP contribution >= 0.6 is 23.4 Å². The van der Waals surface area contributed by atoms with Gasteiger partial charge in [0.2, 0.25) is 11.1 Å². The van der Waals surface area contributed by atoms with E-state index in [-0.39, 0.29) is 11.9 Å². The Kier molecular flexibility index (Phi) is 5.83. The molecule has 0 spiro atoms. The first kappa shape index (κ1) is 21.6. The van der Waals surface area contributed by atoms with Gasteiger partial charge < -0.3 is 10.7 Å². The smallest absolute Gasteiger partial charge is 0.240 e.